The summed E-state index contributed by atoms with van der Waals surface area (Å²) in [6.07, 6.45) is 5.61. The Balaban J connectivity index is 1.25. The van der Waals surface area contributed by atoms with Crippen molar-refractivity contribution in [1.82, 2.24) is 20.2 Å². The fourth-order valence-electron chi connectivity index (χ4n) is 4.46. The summed E-state index contributed by atoms with van der Waals surface area (Å²) in [5, 5.41) is 24.5. The highest BCUT2D eigenvalue weighted by Gasteiger charge is 2.29. The molecule has 0 aliphatic heterocycles. The van der Waals surface area contributed by atoms with E-state index in [1.165, 1.54) is 10.4 Å². The van der Waals surface area contributed by atoms with Crippen LogP contribution in [0.25, 0.3) is 21.1 Å². The number of nitrogens with zero attached hydrogens (tertiary/aromatic N) is 4. The standard InChI is InChI=1S/C25H19N7OS/c26-11-14-1-4-17(5-2-14)31-24(33)15-3-7-19-21(10-15)34-25-22(19)23(27-13-28-25)30-18-6-8-20-16(9-18)12-29-32-20/h1-2,4-6,8-9,12-13,15H,3,7,10H2,(H,29,32)(H,31,33)(H,27,28,30). The monoisotopic (exact) mass is 465 g/mol. The Morgan fingerprint density at radius 1 is 1.15 bits per heavy atom. The minimum atomic E-state index is -0.107. The number of nitrogens with one attached hydrogen (secondary N) is 3. The largest absolute Gasteiger partial charge is 0.340 e. The smallest absolute Gasteiger partial charge is 0.227 e. The number of nitriles is 1. The number of hydrogen-bond donors (Lipinski definition) is 3. The summed E-state index contributed by atoms with van der Waals surface area (Å²) < 4.78 is 0. The second-order valence-corrected chi connectivity index (χ2v) is 9.41. The van der Waals surface area contributed by atoms with Crippen LogP contribution in [0.3, 0.4) is 0 Å². The van der Waals surface area contributed by atoms with E-state index < -0.39 is 0 Å². The molecule has 1 atom stereocenters. The highest BCUT2D eigenvalue weighted by molar-refractivity contribution is 7.19. The quantitative estimate of drug-likeness (QED) is 0.346. The van der Waals surface area contributed by atoms with Crippen LogP contribution in [-0.2, 0) is 17.6 Å². The Kier molecular flexibility index (Phi) is 4.93. The summed E-state index contributed by atoms with van der Waals surface area (Å²) in [7, 11) is 0. The van der Waals surface area contributed by atoms with Crippen molar-refractivity contribution >= 4 is 55.6 Å². The Bertz CT molecular complexity index is 1580. The summed E-state index contributed by atoms with van der Waals surface area (Å²) in [6, 6.07) is 15.0. The molecule has 0 radical (unpaired) electrons. The summed E-state index contributed by atoms with van der Waals surface area (Å²) >= 11 is 1.64. The van der Waals surface area contributed by atoms with Gasteiger partial charge in [-0.1, -0.05) is 0 Å². The zero-order chi connectivity index (χ0) is 23.1. The summed E-state index contributed by atoms with van der Waals surface area (Å²) in [5.74, 6) is 0.681. The lowest BCUT2D eigenvalue weighted by molar-refractivity contribution is -0.120. The average Bonchev–Trinajstić information content (AvgIpc) is 3.48. The number of hydrogen-bond acceptors (Lipinski definition) is 7. The van der Waals surface area contributed by atoms with Crippen LogP contribution in [0.4, 0.5) is 17.2 Å². The topological polar surface area (TPSA) is 119 Å². The second-order valence-electron chi connectivity index (χ2n) is 8.32. The maximum absolute atomic E-state index is 12.9. The van der Waals surface area contributed by atoms with Gasteiger partial charge in [-0.2, -0.15) is 10.4 Å². The van der Waals surface area contributed by atoms with Crippen LogP contribution in [0.15, 0.2) is 55.0 Å². The number of aromatic amines is 1. The molecule has 9 heteroatoms. The summed E-state index contributed by atoms with van der Waals surface area (Å²) in [4.78, 5) is 24.1. The van der Waals surface area contributed by atoms with Crippen molar-refractivity contribution in [1.29, 1.82) is 5.26 Å². The molecule has 0 bridgehead atoms. The molecule has 34 heavy (non-hydrogen) atoms. The van der Waals surface area contributed by atoms with Gasteiger partial charge in [-0.05, 0) is 67.3 Å². The third-order valence-corrected chi connectivity index (χ3v) is 7.36. The normalized spacial score (nSPS) is 15.1. The molecule has 3 N–H and O–H groups in total. The van der Waals surface area contributed by atoms with Crippen LogP contribution >= 0.6 is 11.3 Å². The summed E-state index contributed by atoms with van der Waals surface area (Å²) in [5.41, 5.74) is 4.43. The van der Waals surface area contributed by atoms with Gasteiger partial charge in [0.1, 0.15) is 17.0 Å². The van der Waals surface area contributed by atoms with E-state index in [9.17, 15) is 4.79 Å². The van der Waals surface area contributed by atoms with Crippen molar-refractivity contribution in [3.05, 3.63) is 71.0 Å². The molecule has 1 aliphatic carbocycles. The zero-order valence-electron chi connectivity index (χ0n) is 18.0. The van der Waals surface area contributed by atoms with Crippen molar-refractivity contribution < 1.29 is 4.79 Å². The van der Waals surface area contributed by atoms with Gasteiger partial charge in [-0.3, -0.25) is 9.89 Å². The average molecular weight is 466 g/mol. The third-order valence-electron chi connectivity index (χ3n) is 6.20. The number of benzene rings is 2. The number of thiophene rings is 1. The Morgan fingerprint density at radius 2 is 2.00 bits per heavy atom. The molecule has 3 aromatic heterocycles. The van der Waals surface area contributed by atoms with Gasteiger partial charge in [-0.25, -0.2) is 9.97 Å². The number of rotatable bonds is 4. The van der Waals surface area contributed by atoms with Crippen LogP contribution in [-0.4, -0.2) is 26.1 Å². The predicted molar refractivity (Wildman–Crippen MR) is 132 cm³/mol. The number of carbonyl (C=O) groups excluding carboxylic acids is 1. The molecule has 1 amide bonds. The third kappa shape index (κ3) is 3.64. The lowest BCUT2D eigenvalue weighted by atomic mass is 9.87. The lowest BCUT2D eigenvalue weighted by Crippen LogP contribution is -2.27. The maximum Gasteiger partial charge on any atom is 0.227 e. The predicted octanol–water partition coefficient (Wildman–Crippen LogP) is 4.93. The second kappa shape index (κ2) is 8.24. The molecule has 0 saturated carbocycles. The molecule has 0 spiro atoms. The van der Waals surface area contributed by atoms with Crippen LogP contribution < -0.4 is 10.6 Å². The van der Waals surface area contributed by atoms with E-state index in [0.717, 1.165) is 45.5 Å². The van der Waals surface area contributed by atoms with Crippen LogP contribution in [0.2, 0.25) is 0 Å². The lowest BCUT2D eigenvalue weighted by Gasteiger charge is -2.22. The number of fused-ring (bicyclic) bond motifs is 4. The van der Waals surface area contributed by atoms with Crippen LogP contribution in [0.5, 0.6) is 0 Å². The molecule has 8 nitrogen and oxygen atoms in total. The number of H-pyrrole nitrogens is 1. The van der Waals surface area contributed by atoms with E-state index in [4.69, 9.17) is 5.26 Å². The van der Waals surface area contributed by atoms with E-state index >= 15 is 0 Å². The van der Waals surface area contributed by atoms with Gasteiger partial charge in [0.2, 0.25) is 5.91 Å². The first-order chi connectivity index (χ1) is 16.7. The first-order valence-electron chi connectivity index (χ1n) is 10.9. The molecular formula is C25H19N7OS. The molecule has 3 heterocycles. The van der Waals surface area contributed by atoms with Crippen molar-refractivity contribution in [3.8, 4) is 6.07 Å². The van der Waals surface area contributed by atoms with Crippen molar-refractivity contribution in [2.75, 3.05) is 10.6 Å². The molecule has 0 fully saturated rings. The first-order valence-corrected chi connectivity index (χ1v) is 11.8. The molecule has 166 valence electrons. The van der Waals surface area contributed by atoms with E-state index in [2.05, 4.69) is 36.9 Å². The molecule has 1 unspecified atom stereocenters. The number of aromatic nitrogens is 4. The Morgan fingerprint density at radius 3 is 2.85 bits per heavy atom. The van der Waals surface area contributed by atoms with Gasteiger partial charge in [0.05, 0.1) is 28.7 Å². The van der Waals surface area contributed by atoms with E-state index in [1.54, 1.807) is 48.1 Å². The van der Waals surface area contributed by atoms with E-state index in [-0.39, 0.29) is 11.8 Å². The number of carbonyl (C=O) groups is 1. The molecule has 2 aromatic carbocycles. The van der Waals surface area contributed by atoms with E-state index in [1.807, 2.05) is 18.2 Å². The van der Waals surface area contributed by atoms with Gasteiger partial charge in [0.25, 0.3) is 0 Å². The minimum Gasteiger partial charge on any atom is -0.340 e. The zero-order valence-corrected chi connectivity index (χ0v) is 18.8. The molecule has 5 aromatic rings. The number of aryl methyl sites for hydroxylation is 1. The Hall–Kier alpha value is -4.29. The highest BCUT2D eigenvalue weighted by atomic mass is 32.1. The van der Waals surface area contributed by atoms with Gasteiger partial charge in [0.15, 0.2) is 0 Å². The highest BCUT2D eigenvalue weighted by Crippen LogP contribution is 2.40. The van der Waals surface area contributed by atoms with Crippen molar-refractivity contribution in [2.24, 2.45) is 5.92 Å². The first kappa shape index (κ1) is 20.3. The fraction of sp³-hybridized carbons (Fsp3) is 0.160. The molecular weight excluding hydrogens is 446 g/mol. The SMILES string of the molecule is N#Cc1ccc(NC(=O)C2CCc3c(sc4ncnc(Nc5ccc6[nH]ncc6c5)c34)C2)cc1. The minimum absolute atomic E-state index is 0.00524. The van der Waals surface area contributed by atoms with Gasteiger partial charge >= 0.3 is 0 Å². The van der Waals surface area contributed by atoms with Crippen molar-refractivity contribution in [2.45, 2.75) is 19.3 Å². The van der Waals surface area contributed by atoms with Crippen LogP contribution in [0.1, 0.15) is 22.4 Å². The van der Waals surface area contributed by atoms with Crippen molar-refractivity contribution in [3.63, 3.8) is 0 Å². The number of amides is 1. The van der Waals surface area contributed by atoms with Crippen LogP contribution in [0, 0.1) is 17.2 Å². The molecule has 0 saturated heterocycles. The molecule has 6 rings (SSSR count). The van der Waals surface area contributed by atoms with Gasteiger partial charge in [0, 0.05) is 27.6 Å². The number of anilines is 3. The maximum atomic E-state index is 12.9. The summed E-state index contributed by atoms with van der Waals surface area (Å²) in [6.45, 7) is 0. The van der Waals surface area contributed by atoms with Gasteiger partial charge in [-0.15, -0.1) is 11.3 Å². The fourth-order valence-corrected chi connectivity index (χ4v) is 5.73. The van der Waals surface area contributed by atoms with E-state index in [0.29, 0.717) is 17.7 Å². The Labute approximate surface area is 198 Å². The molecule has 1 aliphatic rings. The van der Waals surface area contributed by atoms with Gasteiger partial charge < -0.3 is 10.6 Å².